The Morgan fingerprint density at radius 2 is 1.89 bits per heavy atom. The number of aliphatic hydroxyl groups is 1. The molecule has 9 heavy (non-hydrogen) atoms. The summed E-state index contributed by atoms with van der Waals surface area (Å²) in [4.78, 5) is 0. The molecular formula is C8H12O. The Balaban J connectivity index is 1.95. The molecule has 0 heterocycles. The molecule has 50 valence electrons. The fraction of sp³-hybridized carbons (Fsp3) is 1.00. The van der Waals surface area contributed by atoms with Gasteiger partial charge in [0.2, 0.25) is 0 Å². The first-order valence-corrected chi connectivity index (χ1v) is 4.02. The standard InChI is InChI=1S/C8H12O/c9-3-7-4-1-5-6(2-4)8(5)7/h4-9H,1-3H2/t4?,5-,6-,7+,8?/m0/s1. The molecule has 0 saturated heterocycles. The van der Waals surface area contributed by atoms with E-state index in [2.05, 4.69) is 0 Å². The van der Waals surface area contributed by atoms with E-state index in [1.54, 1.807) is 0 Å². The molecule has 0 aromatic rings. The van der Waals surface area contributed by atoms with Gasteiger partial charge in [-0.15, -0.1) is 0 Å². The van der Waals surface area contributed by atoms with E-state index in [0.717, 1.165) is 29.6 Å². The van der Waals surface area contributed by atoms with Crippen molar-refractivity contribution in [1.29, 1.82) is 0 Å². The molecule has 0 aromatic heterocycles. The quantitative estimate of drug-likeness (QED) is 0.550. The Bertz CT molecular complexity index is 141. The zero-order valence-electron chi connectivity index (χ0n) is 5.46. The summed E-state index contributed by atoms with van der Waals surface area (Å²) in [6.07, 6.45) is 2.92. The van der Waals surface area contributed by atoms with Gasteiger partial charge in [0, 0.05) is 6.61 Å². The van der Waals surface area contributed by atoms with Crippen LogP contribution >= 0.6 is 0 Å². The van der Waals surface area contributed by atoms with Crippen LogP contribution in [0.15, 0.2) is 0 Å². The topological polar surface area (TPSA) is 20.2 Å². The van der Waals surface area contributed by atoms with Crippen LogP contribution in [-0.2, 0) is 0 Å². The molecule has 0 radical (unpaired) electrons. The van der Waals surface area contributed by atoms with E-state index >= 15 is 0 Å². The second kappa shape index (κ2) is 1.20. The third kappa shape index (κ3) is 0.362. The highest BCUT2D eigenvalue weighted by Crippen LogP contribution is 2.72. The largest absolute Gasteiger partial charge is 0.396 e. The van der Waals surface area contributed by atoms with E-state index in [-0.39, 0.29) is 0 Å². The maximum Gasteiger partial charge on any atom is 0.0464 e. The van der Waals surface area contributed by atoms with Gasteiger partial charge in [0.1, 0.15) is 0 Å². The number of hydrogen-bond acceptors (Lipinski definition) is 1. The van der Waals surface area contributed by atoms with Gasteiger partial charge in [0.15, 0.2) is 0 Å². The Kier molecular flexibility index (Phi) is 0.628. The predicted molar refractivity (Wildman–Crippen MR) is 33.8 cm³/mol. The second-order valence-electron chi connectivity index (χ2n) is 3.98. The highest BCUT2D eigenvalue weighted by Gasteiger charge is 2.67. The van der Waals surface area contributed by atoms with Gasteiger partial charge >= 0.3 is 0 Å². The Hall–Kier alpha value is -0.0400. The second-order valence-corrected chi connectivity index (χ2v) is 3.98. The van der Waals surface area contributed by atoms with Crippen molar-refractivity contribution >= 4 is 0 Å². The summed E-state index contributed by atoms with van der Waals surface area (Å²) in [6, 6.07) is 0. The molecule has 0 spiro atoms. The van der Waals surface area contributed by atoms with Crippen molar-refractivity contribution in [3.05, 3.63) is 0 Å². The first kappa shape index (κ1) is 4.73. The van der Waals surface area contributed by atoms with Crippen molar-refractivity contribution in [2.24, 2.45) is 29.6 Å². The number of rotatable bonds is 1. The molecule has 0 aromatic carbocycles. The summed E-state index contributed by atoms with van der Waals surface area (Å²) in [7, 11) is 0. The van der Waals surface area contributed by atoms with E-state index in [9.17, 15) is 0 Å². The minimum absolute atomic E-state index is 0.475. The lowest BCUT2D eigenvalue weighted by Crippen LogP contribution is -2.09. The third-order valence-corrected chi connectivity index (χ3v) is 3.86. The first-order chi connectivity index (χ1) is 4.42. The zero-order chi connectivity index (χ0) is 6.01. The van der Waals surface area contributed by atoms with Crippen LogP contribution in [-0.4, -0.2) is 11.7 Å². The summed E-state index contributed by atoms with van der Waals surface area (Å²) in [5.41, 5.74) is 0. The average molecular weight is 124 g/mol. The zero-order valence-corrected chi connectivity index (χ0v) is 5.46. The van der Waals surface area contributed by atoms with Crippen LogP contribution in [0.3, 0.4) is 0 Å². The van der Waals surface area contributed by atoms with Gasteiger partial charge in [0.25, 0.3) is 0 Å². The third-order valence-electron chi connectivity index (χ3n) is 3.86. The van der Waals surface area contributed by atoms with Crippen molar-refractivity contribution in [3.8, 4) is 0 Å². The highest BCUT2D eigenvalue weighted by atomic mass is 16.3. The average Bonchev–Trinajstić information content (AvgIpc) is 2.40. The smallest absolute Gasteiger partial charge is 0.0464 e. The molecule has 0 amide bonds. The van der Waals surface area contributed by atoms with E-state index in [1.807, 2.05) is 0 Å². The maximum atomic E-state index is 8.96. The predicted octanol–water partition coefficient (Wildman–Crippen LogP) is 0.881. The minimum atomic E-state index is 0.475. The molecule has 4 fully saturated rings. The molecule has 0 unspecified atom stereocenters. The molecule has 4 aliphatic carbocycles. The number of aliphatic hydroxyl groups excluding tert-OH is 1. The Morgan fingerprint density at radius 3 is 2.11 bits per heavy atom. The van der Waals surface area contributed by atoms with Gasteiger partial charge in [-0.3, -0.25) is 0 Å². The molecule has 4 rings (SSSR count). The van der Waals surface area contributed by atoms with E-state index in [4.69, 9.17) is 5.11 Å². The molecular weight excluding hydrogens is 112 g/mol. The van der Waals surface area contributed by atoms with Crippen LogP contribution in [0, 0.1) is 29.6 Å². The molecule has 1 heteroatoms. The number of hydrogen-bond donors (Lipinski definition) is 1. The van der Waals surface area contributed by atoms with E-state index < -0.39 is 0 Å². The molecule has 4 saturated carbocycles. The van der Waals surface area contributed by atoms with Gasteiger partial charge in [-0.25, -0.2) is 0 Å². The van der Waals surface area contributed by atoms with Gasteiger partial charge in [-0.05, 0) is 42.4 Å². The minimum Gasteiger partial charge on any atom is -0.396 e. The van der Waals surface area contributed by atoms with Crippen molar-refractivity contribution in [2.45, 2.75) is 12.8 Å². The maximum absolute atomic E-state index is 8.96. The highest BCUT2D eigenvalue weighted by molar-refractivity contribution is 5.15. The van der Waals surface area contributed by atoms with Crippen LogP contribution in [0.2, 0.25) is 0 Å². The van der Waals surface area contributed by atoms with Crippen LogP contribution in [0.4, 0.5) is 0 Å². The van der Waals surface area contributed by atoms with Crippen LogP contribution in [0.5, 0.6) is 0 Å². The van der Waals surface area contributed by atoms with Crippen LogP contribution in [0.25, 0.3) is 0 Å². The lowest BCUT2D eigenvalue weighted by atomic mass is 10.00. The Labute approximate surface area is 55.1 Å². The summed E-state index contributed by atoms with van der Waals surface area (Å²) < 4.78 is 0. The lowest BCUT2D eigenvalue weighted by Gasteiger charge is -2.08. The normalized spacial score (nSPS) is 67.0. The fourth-order valence-electron chi connectivity index (χ4n) is 3.50. The molecule has 0 aliphatic heterocycles. The first-order valence-electron chi connectivity index (χ1n) is 4.02. The van der Waals surface area contributed by atoms with Crippen LogP contribution in [0.1, 0.15) is 12.8 Å². The molecule has 1 nitrogen and oxygen atoms in total. The monoisotopic (exact) mass is 124 g/mol. The van der Waals surface area contributed by atoms with Crippen molar-refractivity contribution in [1.82, 2.24) is 0 Å². The molecule has 1 N–H and O–H groups in total. The Morgan fingerprint density at radius 1 is 1.22 bits per heavy atom. The van der Waals surface area contributed by atoms with Gasteiger partial charge < -0.3 is 5.11 Å². The molecule has 3 atom stereocenters. The van der Waals surface area contributed by atoms with Gasteiger partial charge in [-0.2, -0.15) is 0 Å². The summed E-state index contributed by atoms with van der Waals surface area (Å²) in [6.45, 7) is 0.475. The van der Waals surface area contributed by atoms with Crippen molar-refractivity contribution in [3.63, 3.8) is 0 Å². The summed E-state index contributed by atoms with van der Waals surface area (Å²) in [5.74, 6) is 4.81. The molecule has 4 aliphatic rings. The van der Waals surface area contributed by atoms with E-state index in [0.29, 0.717) is 6.61 Å². The van der Waals surface area contributed by atoms with Gasteiger partial charge in [-0.1, -0.05) is 0 Å². The fourth-order valence-corrected chi connectivity index (χ4v) is 3.50. The van der Waals surface area contributed by atoms with E-state index in [1.165, 1.54) is 12.8 Å². The van der Waals surface area contributed by atoms with Gasteiger partial charge in [0.05, 0.1) is 0 Å². The lowest BCUT2D eigenvalue weighted by molar-refractivity contribution is 0.197. The molecule has 4 bridgehead atoms. The summed E-state index contributed by atoms with van der Waals surface area (Å²) >= 11 is 0. The van der Waals surface area contributed by atoms with Crippen molar-refractivity contribution < 1.29 is 5.11 Å². The van der Waals surface area contributed by atoms with Crippen molar-refractivity contribution in [2.75, 3.05) is 6.61 Å². The van der Waals surface area contributed by atoms with Crippen LogP contribution < -0.4 is 0 Å². The summed E-state index contributed by atoms with van der Waals surface area (Å²) in [5, 5.41) is 8.96. The SMILES string of the molecule is OC[C@@H]1C2C[C@@H]3C1[C@H]3C2.